The van der Waals surface area contributed by atoms with Crippen molar-refractivity contribution in [2.75, 3.05) is 13.1 Å². The Hall–Kier alpha value is -0.280. The van der Waals surface area contributed by atoms with Gasteiger partial charge in [-0.2, -0.15) is 0 Å². The molecule has 1 aliphatic heterocycles. The van der Waals surface area contributed by atoms with Gasteiger partial charge in [-0.1, -0.05) is 26.7 Å². The monoisotopic (exact) mass is 248 g/mol. The van der Waals surface area contributed by atoms with E-state index in [1.807, 2.05) is 0 Å². The van der Waals surface area contributed by atoms with Crippen molar-refractivity contribution in [2.24, 2.45) is 5.92 Å². The Balaban J connectivity index is 0.00000225. The molecule has 1 aliphatic rings. The zero-order chi connectivity index (χ0) is 11.1. The quantitative estimate of drug-likeness (QED) is 0.756. The van der Waals surface area contributed by atoms with E-state index in [1.165, 1.54) is 12.8 Å². The molecule has 1 unspecified atom stereocenters. The number of hydrogen-bond acceptors (Lipinski definition) is 2. The number of amides is 1. The predicted octanol–water partition coefficient (Wildman–Crippen LogP) is 2.10. The predicted molar refractivity (Wildman–Crippen MR) is 70.0 cm³/mol. The number of nitrogens with one attached hydrogen (secondary N) is 2. The normalized spacial score (nSPS) is 19.6. The Bertz CT molecular complexity index is 189. The first-order chi connectivity index (χ1) is 7.26. The minimum absolute atomic E-state index is 0. The molecule has 1 saturated heterocycles. The van der Waals surface area contributed by atoms with Crippen LogP contribution in [0.25, 0.3) is 0 Å². The van der Waals surface area contributed by atoms with Crippen molar-refractivity contribution in [3.8, 4) is 0 Å². The van der Waals surface area contributed by atoms with Crippen molar-refractivity contribution in [3.05, 3.63) is 0 Å². The molecule has 0 aromatic rings. The fourth-order valence-electron chi connectivity index (χ4n) is 2.08. The molecule has 0 saturated carbocycles. The second-order valence-electron chi connectivity index (χ2n) is 4.48. The number of halogens is 1. The van der Waals surface area contributed by atoms with Crippen LogP contribution in [0, 0.1) is 5.92 Å². The van der Waals surface area contributed by atoms with Gasteiger partial charge in [0.1, 0.15) is 0 Å². The van der Waals surface area contributed by atoms with Gasteiger partial charge in [0.25, 0.3) is 0 Å². The summed E-state index contributed by atoms with van der Waals surface area (Å²) in [6.45, 7) is 6.21. The van der Waals surface area contributed by atoms with Crippen LogP contribution in [-0.4, -0.2) is 25.0 Å². The van der Waals surface area contributed by atoms with E-state index >= 15 is 0 Å². The molecule has 3 nitrogen and oxygen atoms in total. The van der Waals surface area contributed by atoms with Crippen LogP contribution in [0.2, 0.25) is 0 Å². The first-order valence-electron chi connectivity index (χ1n) is 6.26. The zero-order valence-corrected chi connectivity index (χ0v) is 11.2. The lowest BCUT2D eigenvalue weighted by Crippen LogP contribution is -2.37. The van der Waals surface area contributed by atoms with E-state index in [-0.39, 0.29) is 18.3 Å². The van der Waals surface area contributed by atoms with Gasteiger partial charge >= 0.3 is 0 Å². The molecule has 1 rings (SSSR count). The average molecular weight is 249 g/mol. The van der Waals surface area contributed by atoms with Gasteiger partial charge in [0, 0.05) is 19.0 Å². The Morgan fingerprint density at radius 1 is 1.44 bits per heavy atom. The first kappa shape index (κ1) is 15.7. The number of hydrogen-bond donors (Lipinski definition) is 2. The molecule has 1 amide bonds. The molecule has 1 fully saturated rings. The molecule has 2 N–H and O–H groups in total. The van der Waals surface area contributed by atoms with Crippen LogP contribution < -0.4 is 10.6 Å². The van der Waals surface area contributed by atoms with E-state index < -0.39 is 0 Å². The van der Waals surface area contributed by atoms with Crippen molar-refractivity contribution < 1.29 is 4.79 Å². The maximum atomic E-state index is 11.6. The van der Waals surface area contributed by atoms with E-state index in [0.717, 1.165) is 25.9 Å². The van der Waals surface area contributed by atoms with Gasteiger partial charge in [-0.3, -0.25) is 4.79 Å². The first-order valence-corrected chi connectivity index (χ1v) is 6.26. The van der Waals surface area contributed by atoms with E-state index in [1.54, 1.807) is 0 Å². The zero-order valence-electron chi connectivity index (χ0n) is 10.4. The third-order valence-corrected chi connectivity index (χ3v) is 3.34. The highest BCUT2D eigenvalue weighted by Crippen LogP contribution is 2.12. The molecule has 4 heteroatoms. The summed E-state index contributed by atoms with van der Waals surface area (Å²) in [5, 5.41) is 6.40. The Kier molecular flexibility index (Phi) is 8.67. The maximum Gasteiger partial charge on any atom is 0.220 e. The van der Waals surface area contributed by atoms with Gasteiger partial charge in [-0.15, -0.1) is 12.4 Å². The number of rotatable bonds is 6. The lowest BCUT2D eigenvalue weighted by atomic mass is 9.99. The molecule has 0 spiro atoms. The summed E-state index contributed by atoms with van der Waals surface area (Å²) in [6, 6.07) is 0.510. The fraction of sp³-hybridized carbons (Fsp3) is 0.917. The minimum atomic E-state index is 0. The highest BCUT2D eigenvalue weighted by atomic mass is 35.5. The molecule has 0 aromatic heterocycles. The van der Waals surface area contributed by atoms with Crippen molar-refractivity contribution in [1.82, 2.24) is 10.6 Å². The average Bonchev–Trinajstić information content (AvgIpc) is 2.75. The molecule has 0 bridgehead atoms. The molecule has 0 radical (unpaired) electrons. The number of carbonyl (C=O) groups excluding carboxylic acids is 1. The summed E-state index contributed by atoms with van der Waals surface area (Å²) < 4.78 is 0. The van der Waals surface area contributed by atoms with E-state index in [4.69, 9.17) is 0 Å². The second kappa shape index (κ2) is 8.82. The minimum Gasteiger partial charge on any atom is -0.355 e. The largest absolute Gasteiger partial charge is 0.355 e. The van der Waals surface area contributed by atoms with Crippen molar-refractivity contribution in [2.45, 2.75) is 52.0 Å². The van der Waals surface area contributed by atoms with Crippen LogP contribution in [0.1, 0.15) is 46.0 Å². The fourth-order valence-corrected chi connectivity index (χ4v) is 2.08. The lowest BCUT2D eigenvalue weighted by Gasteiger charge is -2.14. The third-order valence-electron chi connectivity index (χ3n) is 3.34. The van der Waals surface area contributed by atoms with Crippen LogP contribution in [0.15, 0.2) is 0 Å². The summed E-state index contributed by atoms with van der Waals surface area (Å²) in [4.78, 5) is 11.6. The summed E-state index contributed by atoms with van der Waals surface area (Å²) in [6.07, 6.45) is 5.34. The summed E-state index contributed by atoms with van der Waals surface area (Å²) in [5.74, 6) is 0.777. The van der Waals surface area contributed by atoms with Crippen LogP contribution in [0.3, 0.4) is 0 Å². The van der Waals surface area contributed by atoms with Crippen LogP contribution in [-0.2, 0) is 4.79 Å². The Labute approximate surface area is 105 Å². The van der Waals surface area contributed by atoms with Gasteiger partial charge in [0.15, 0.2) is 0 Å². The van der Waals surface area contributed by atoms with Gasteiger partial charge < -0.3 is 10.6 Å². The molecule has 1 atom stereocenters. The van der Waals surface area contributed by atoms with Crippen molar-refractivity contribution >= 4 is 18.3 Å². The smallest absolute Gasteiger partial charge is 0.220 e. The highest BCUT2D eigenvalue weighted by molar-refractivity contribution is 5.85. The van der Waals surface area contributed by atoms with Gasteiger partial charge in [-0.25, -0.2) is 0 Å². The topological polar surface area (TPSA) is 41.1 Å². The number of carbonyl (C=O) groups is 1. The van der Waals surface area contributed by atoms with E-state index in [2.05, 4.69) is 24.5 Å². The Morgan fingerprint density at radius 2 is 2.12 bits per heavy atom. The highest BCUT2D eigenvalue weighted by Gasteiger charge is 2.15. The van der Waals surface area contributed by atoms with Gasteiger partial charge in [0.2, 0.25) is 5.91 Å². The second-order valence-corrected chi connectivity index (χ2v) is 4.48. The molecular weight excluding hydrogens is 224 g/mol. The lowest BCUT2D eigenvalue weighted by molar-refractivity contribution is -0.122. The SMILES string of the molecule is CCC(CC)CC(=O)NCC1CCCN1.Cl. The van der Waals surface area contributed by atoms with Crippen molar-refractivity contribution in [1.29, 1.82) is 0 Å². The van der Waals surface area contributed by atoms with Crippen LogP contribution in [0.4, 0.5) is 0 Å². The molecule has 16 heavy (non-hydrogen) atoms. The summed E-state index contributed by atoms with van der Waals surface area (Å²) in [7, 11) is 0. The van der Waals surface area contributed by atoms with E-state index in [9.17, 15) is 4.79 Å². The summed E-state index contributed by atoms with van der Waals surface area (Å²) in [5.41, 5.74) is 0. The van der Waals surface area contributed by atoms with Crippen molar-refractivity contribution in [3.63, 3.8) is 0 Å². The molecule has 1 heterocycles. The maximum absolute atomic E-state index is 11.6. The molecule has 96 valence electrons. The molecule has 0 aromatic carbocycles. The van der Waals surface area contributed by atoms with Gasteiger partial charge in [0.05, 0.1) is 0 Å². The van der Waals surface area contributed by atoms with Gasteiger partial charge in [-0.05, 0) is 25.3 Å². The van der Waals surface area contributed by atoms with Crippen LogP contribution >= 0.6 is 12.4 Å². The van der Waals surface area contributed by atoms with Crippen LogP contribution in [0.5, 0.6) is 0 Å². The standard InChI is InChI=1S/C12H24N2O.ClH/c1-3-10(4-2)8-12(15)14-9-11-6-5-7-13-11;/h10-11,13H,3-9H2,1-2H3,(H,14,15);1H. The molecular formula is C12H25ClN2O. The molecule has 0 aliphatic carbocycles. The summed E-state index contributed by atoms with van der Waals surface area (Å²) >= 11 is 0. The Morgan fingerprint density at radius 3 is 2.62 bits per heavy atom. The third kappa shape index (κ3) is 5.71. The van der Waals surface area contributed by atoms with E-state index in [0.29, 0.717) is 18.4 Å².